The summed E-state index contributed by atoms with van der Waals surface area (Å²) < 4.78 is 0. The van der Waals surface area contributed by atoms with Gasteiger partial charge in [-0.2, -0.15) is 0 Å². The fourth-order valence-corrected chi connectivity index (χ4v) is 0.388. The highest BCUT2D eigenvalue weighted by atomic mass is 35.5. The number of aliphatic hydroxyl groups excluding tert-OH is 1. The van der Waals surface area contributed by atoms with Crippen LogP contribution in [0.4, 0.5) is 0 Å². The molecule has 0 amide bonds. The van der Waals surface area contributed by atoms with Gasteiger partial charge in [-0.3, -0.25) is 0 Å². The zero-order valence-corrected chi connectivity index (χ0v) is 5.39. The highest BCUT2D eigenvalue weighted by Gasteiger charge is 1.90. The van der Waals surface area contributed by atoms with E-state index in [1.807, 2.05) is 0 Å². The fourth-order valence-electron chi connectivity index (χ4n) is 0.299. The van der Waals surface area contributed by atoms with Crippen LogP contribution in [0.25, 0.3) is 0 Å². The van der Waals surface area contributed by atoms with Gasteiger partial charge in [0.2, 0.25) is 0 Å². The lowest BCUT2D eigenvalue weighted by Crippen LogP contribution is -1.99. The number of aliphatic hydroxyl groups is 2. The van der Waals surface area contributed by atoms with Crippen molar-refractivity contribution in [1.82, 2.24) is 0 Å². The molecule has 0 spiro atoms. The van der Waals surface area contributed by atoms with Crippen LogP contribution in [0, 0.1) is 0 Å². The van der Waals surface area contributed by atoms with Gasteiger partial charge in [0, 0.05) is 5.88 Å². The molecule has 0 saturated carbocycles. The van der Waals surface area contributed by atoms with Gasteiger partial charge < -0.3 is 10.2 Å². The van der Waals surface area contributed by atoms with Gasteiger partial charge in [0.1, 0.15) is 0 Å². The first-order chi connectivity index (χ1) is 3.66. The van der Waals surface area contributed by atoms with Crippen LogP contribution in [-0.2, 0) is 0 Å². The Balaban J connectivity index is 3.56. The predicted molar refractivity (Wildman–Crippen MR) is 32.7 cm³/mol. The van der Waals surface area contributed by atoms with Gasteiger partial charge in [-0.05, 0) is 13.0 Å². The van der Waals surface area contributed by atoms with Gasteiger partial charge in [-0.25, -0.2) is 0 Å². The molecular weight excluding hydrogens is 128 g/mol. The molecule has 2 N–H and O–H groups in total. The Morgan fingerprint density at radius 1 is 1.75 bits per heavy atom. The molecule has 0 saturated heterocycles. The summed E-state index contributed by atoms with van der Waals surface area (Å²) in [4.78, 5) is 0. The Hall–Kier alpha value is -0.0500. The van der Waals surface area contributed by atoms with Crippen LogP contribution in [0.15, 0.2) is 11.6 Å². The number of allylic oxidation sites excluding steroid dienone is 1. The molecule has 0 aliphatic rings. The Morgan fingerprint density at radius 3 is 2.38 bits per heavy atom. The quantitative estimate of drug-likeness (QED) is 0.329. The molecular formula is C5H9ClO2. The SMILES string of the molecule is C/C(=C\C(O)O)CCl. The zero-order valence-electron chi connectivity index (χ0n) is 4.63. The molecule has 0 unspecified atom stereocenters. The van der Waals surface area contributed by atoms with Crippen LogP contribution < -0.4 is 0 Å². The van der Waals surface area contributed by atoms with Gasteiger partial charge in [-0.1, -0.05) is 5.57 Å². The summed E-state index contributed by atoms with van der Waals surface area (Å²) in [5.74, 6) is 0.345. The number of rotatable bonds is 2. The van der Waals surface area contributed by atoms with E-state index < -0.39 is 6.29 Å². The molecule has 0 aromatic heterocycles. The molecule has 0 rings (SSSR count). The van der Waals surface area contributed by atoms with E-state index in [1.54, 1.807) is 6.92 Å². The Labute approximate surface area is 53.4 Å². The van der Waals surface area contributed by atoms with Crippen molar-refractivity contribution in [1.29, 1.82) is 0 Å². The minimum absolute atomic E-state index is 0.345. The summed E-state index contributed by atoms with van der Waals surface area (Å²) in [6.07, 6.45) is -0.0822. The number of hydrogen-bond donors (Lipinski definition) is 2. The molecule has 0 fully saturated rings. The van der Waals surface area contributed by atoms with E-state index >= 15 is 0 Å². The van der Waals surface area contributed by atoms with Crippen molar-refractivity contribution in [3.63, 3.8) is 0 Å². The summed E-state index contributed by atoms with van der Waals surface area (Å²) in [6.45, 7) is 1.73. The summed E-state index contributed by atoms with van der Waals surface area (Å²) in [5.41, 5.74) is 0.765. The Morgan fingerprint density at radius 2 is 2.25 bits per heavy atom. The lowest BCUT2D eigenvalue weighted by Gasteiger charge is -1.95. The van der Waals surface area contributed by atoms with E-state index in [2.05, 4.69) is 0 Å². The molecule has 0 aromatic carbocycles. The maximum Gasteiger partial charge on any atom is 0.171 e. The smallest absolute Gasteiger partial charge is 0.171 e. The van der Waals surface area contributed by atoms with Crippen LogP contribution in [-0.4, -0.2) is 22.4 Å². The number of alkyl halides is 1. The van der Waals surface area contributed by atoms with Crippen LogP contribution >= 0.6 is 11.6 Å². The van der Waals surface area contributed by atoms with E-state index in [1.165, 1.54) is 6.08 Å². The Bertz CT molecular complexity index is 88.4. The molecule has 0 aromatic rings. The first-order valence-electron chi connectivity index (χ1n) is 2.26. The molecule has 0 aliphatic heterocycles. The van der Waals surface area contributed by atoms with E-state index in [4.69, 9.17) is 21.8 Å². The second-order valence-corrected chi connectivity index (χ2v) is 1.83. The van der Waals surface area contributed by atoms with Crippen molar-refractivity contribution in [3.05, 3.63) is 11.6 Å². The fraction of sp³-hybridized carbons (Fsp3) is 0.600. The van der Waals surface area contributed by atoms with Crippen LogP contribution in [0.1, 0.15) is 6.92 Å². The molecule has 48 valence electrons. The summed E-state index contributed by atoms with van der Waals surface area (Å²) >= 11 is 5.31. The monoisotopic (exact) mass is 136 g/mol. The average Bonchev–Trinajstić information content (AvgIpc) is 1.65. The second kappa shape index (κ2) is 3.89. The standard InChI is InChI=1S/C5H9ClO2/c1-4(3-6)2-5(7)8/h2,5,7-8H,3H2,1H3/b4-2+. The highest BCUT2D eigenvalue weighted by Crippen LogP contribution is 1.95. The zero-order chi connectivity index (χ0) is 6.57. The first kappa shape index (κ1) is 7.95. The minimum atomic E-state index is -1.37. The van der Waals surface area contributed by atoms with Crippen molar-refractivity contribution < 1.29 is 10.2 Å². The van der Waals surface area contributed by atoms with Crippen molar-refractivity contribution in [2.45, 2.75) is 13.2 Å². The van der Waals surface area contributed by atoms with Crippen molar-refractivity contribution in [3.8, 4) is 0 Å². The molecule has 3 heteroatoms. The summed E-state index contributed by atoms with van der Waals surface area (Å²) in [5, 5.41) is 16.5. The molecule has 0 atom stereocenters. The molecule has 0 radical (unpaired) electrons. The first-order valence-corrected chi connectivity index (χ1v) is 2.79. The van der Waals surface area contributed by atoms with Gasteiger partial charge in [-0.15, -0.1) is 11.6 Å². The molecule has 2 nitrogen and oxygen atoms in total. The van der Waals surface area contributed by atoms with Crippen LogP contribution in [0.2, 0.25) is 0 Å². The number of hydrogen-bond acceptors (Lipinski definition) is 2. The van der Waals surface area contributed by atoms with E-state index in [0.29, 0.717) is 5.88 Å². The predicted octanol–water partition coefficient (Wildman–Crippen LogP) is 0.482. The normalized spacial score (nSPS) is 12.9. The van der Waals surface area contributed by atoms with Crippen LogP contribution in [0.3, 0.4) is 0 Å². The van der Waals surface area contributed by atoms with Gasteiger partial charge in [0.15, 0.2) is 6.29 Å². The maximum absolute atomic E-state index is 8.27. The van der Waals surface area contributed by atoms with E-state index in [0.717, 1.165) is 5.57 Å². The number of halogens is 1. The molecule has 0 heterocycles. The molecule has 0 aliphatic carbocycles. The highest BCUT2D eigenvalue weighted by molar-refractivity contribution is 6.19. The average molecular weight is 137 g/mol. The third kappa shape index (κ3) is 4.12. The van der Waals surface area contributed by atoms with Gasteiger partial charge in [0.25, 0.3) is 0 Å². The molecule has 0 bridgehead atoms. The van der Waals surface area contributed by atoms with Crippen LogP contribution in [0.5, 0.6) is 0 Å². The lowest BCUT2D eigenvalue weighted by atomic mass is 10.3. The maximum atomic E-state index is 8.27. The second-order valence-electron chi connectivity index (χ2n) is 1.56. The largest absolute Gasteiger partial charge is 0.365 e. The summed E-state index contributed by atoms with van der Waals surface area (Å²) in [7, 11) is 0. The van der Waals surface area contributed by atoms with Crippen molar-refractivity contribution in [2.75, 3.05) is 5.88 Å². The van der Waals surface area contributed by atoms with Crippen molar-refractivity contribution in [2.24, 2.45) is 0 Å². The van der Waals surface area contributed by atoms with E-state index in [-0.39, 0.29) is 0 Å². The molecule has 8 heavy (non-hydrogen) atoms. The third-order valence-corrected chi connectivity index (χ3v) is 1.07. The summed E-state index contributed by atoms with van der Waals surface area (Å²) in [6, 6.07) is 0. The lowest BCUT2D eigenvalue weighted by molar-refractivity contribution is 0.00180. The van der Waals surface area contributed by atoms with Gasteiger partial charge in [0.05, 0.1) is 0 Å². The third-order valence-electron chi connectivity index (χ3n) is 0.644. The van der Waals surface area contributed by atoms with E-state index in [9.17, 15) is 0 Å². The van der Waals surface area contributed by atoms with Gasteiger partial charge >= 0.3 is 0 Å². The Kier molecular flexibility index (Phi) is 3.87. The van der Waals surface area contributed by atoms with Crippen molar-refractivity contribution >= 4 is 11.6 Å². The minimum Gasteiger partial charge on any atom is -0.365 e. The topological polar surface area (TPSA) is 40.5 Å².